The van der Waals surface area contributed by atoms with Crippen LogP contribution >= 0.6 is 0 Å². The minimum Gasteiger partial charge on any atom is -0.853 e. The van der Waals surface area contributed by atoms with Crippen molar-refractivity contribution >= 4 is 22.6 Å². The Hall–Kier alpha value is -3.64. The topological polar surface area (TPSA) is 85.5 Å². The van der Waals surface area contributed by atoms with E-state index in [1.807, 2.05) is 67.2 Å². The molecule has 2 aromatic rings. The van der Waals surface area contributed by atoms with E-state index in [-0.39, 0.29) is 19.1 Å². The first-order valence-electron chi connectivity index (χ1n) is 10.1. The van der Waals surface area contributed by atoms with Crippen molar-refractivity contribution < 1.29 is 14.3 Å². The molecule has 0 saturated heterocycles. The van der Waals surface area contributed by atoms with Gasteiger partial charge in [0.15, 0.2) is 0 Å². The van der Waals surface area contributed by atoms with E-state index in [0.717, 1.165) is 27.4 Å². The average molecular weight is 415 g/mol. The number of likely N-dealkylation sites (N-methyl/N-ethyl adjacent to an activating group) is 1. The highest BCUT2D eigenvalue weighted by Crippen LogP contribution is 2.41. The van der Waals surface area contributed by atoms with Gasteiger partial charge >= 0.3 is 0 Å². The van der Waals surface area contributed by atoms with E-state index in [2.05, 4.69) is 0 Å². The van der Waals surface area contributed by atoms with Crippen LogP contribution in [0.1, 0.15) is 10.4 Å². The SMILES string of the molecule is CN(CC[O-])C(=O)c1ccccc1-c1c2ccc(=[N+](C)C)cc-2oc2cc(N)ccc12. The van der Waals surface area contributed by atoms with E-state index >= 15 is 0 Å². The van der Waals surface area contributed by atoms with Gasteiger partial charge in [0.1, 0.15) is 25.4 Å². The van der Waals surface area contributed by atoms with Crippen LogP contribution in [0.25, 0.3) is 33.4 Å². The van der Waals surface area contributed by atoms with Gasteiger partial charge in [0.2, 0.25) is 5.36 Å². The van der Waals surface area contributed by atoms with Gasteiger partial charge in [-0.2, -0.15) is 0 Å². The lowest BCUT2D eigenvalue weighted by Crippen LogP contribution is -2.33. The first-order chi connectivity index (χ1) is 14.9. The maximum Gasteiger partial charge on any atom is 0.254 e. The normalized spacial score (nSPS) is 11.1. The standard InChI is InChI=1S/C25H24N3O3/c1-27(2)17-9-11-21-23(15-17)31-22-14-16(26)8-10-20(22)24(21)18-6-4-5-7-19(18)25(30)28(3)12-13-29/h4-11,14-15,26H,12-13H2,1-3H3/q-1/p+1. The lowest BCUT2D eigenvalue weighted by atomic mass is 9.90. The summed E-state index contributed by atoms with van der Waals surface area (Å²) in [6, 6.07) is 19.1. The smallest absolute Gasteiger partial charge is 0.254 e. The van der Waals surface area contributed by atoms with Crippen molar-refractivity contribution in [2.75, 3.05) is 40.0 Å². The number of nitrogens with two attached hydrogens (primary N) is 1. The van der Waals surface area contributed by atoms with Crippen molar-refractivity contribution in [3.8, 4) is 22.5 Å². The molecule has 1 aliphatic heterocycles. The predicted molar refractivity (Wildman–Crippen MR) is 122 cm³/mol. The molecule has 0 aromatic heterocycles. The first kappa shape index (κ1) is 20.6. The Labute approximate surface area is 180 Å². The zero-order valence-corrected chi connectivity index (χ0v) is 17.9. The monoisotopic (exact) mass is 415 g/mol. The summed E-state index contributed by atoms with van der Waals surface area (Å²) in [7, 11) is 5.60. The lowest BCUT2D eigenvalue weighted by molar-refractivity contribution is -0.367. The molecule has 6 nitrogen and oxygen atoms in total. The second-order valence-electron chi connectivity index (χ2n) is 7.78. The van der Waals surface area contributed by atoms with Crippen LogP contribution in [0, 0.1) is 0 Å². The number of nitrogen functional groups attached to an aromatic ring is 1. The van der Waals surface area contributed by atoms with Crippen LogP contribution in [-0.2, 0) is 0 Å². The summed E-state index contributed by atoms with van der Waals surface area (Å²) in [6.07, 6.45) is 0. The Morgan fingerprint density at radius 2 is 1.84 bits per heavy atom. The Kier molecular flexibility index (Phi) is 5.48. The van der Waals surface area contributed by atoms with E-state index in [0.29, 0.717) is 22.6 Å². The fourth-order valence-corrected chi connectivity index (χ4v) is 3.80. The summed E-state index contributed by atoms with van der Waals surface area (Å²) < 4.78 is 8.23. The summed E-state index contributed by atoms with van der Waals surface area (Å²) >= 11 is 0. The number of benzene rings is 3. The Balaban J connectivity index is 2.08. The molecule has 2 aromatic carbocycles. The summed E-state index contributed by atoms with van der Waals surface area (Å²) in [4.78, 5) is 14.6. The number of amides is 1. The van der Waals surface area contributed by atoms with E-state index in [9.17, 15) is 9.90 Å². The summed E-state index contributed by atoms with van der Waals surface area (Å²) in [6.45, 7) is -0.186. The van der Waals surface area contributed by atoms with Crippen LogP contribution in [0.5, 0.6) is 0 Å². The largest absolute Gasteiger partial charge is 0.853 e. The zero-order chi connectivity index (χ0) is 22.1. The first-order valence-corrected chi connectivity index (χ1v) is 10.1. The van der Waals surface area contributed by atoms with Crippen molar-refractivity contribution in [3.05, 3.63) is 71.6 Å². The van der Waals surface area contributed by atoms with Gasteiger partial charge in [0.25, 0.3) is 5.91 Å². The third kappa shape index (κ3) is 3.78. The highest BCUT2D eigenvalue weighted by molar-refractivity contribution is 6.09. The molecule has 0 spiro atoms. The van der Waals surface area contributed by atoms with Crippen molar-refractivity contribution in [2.24, 2.45) is 0 Å². The van der Waals surface area contributed by atoms with Gasteiger partial charge in [-0.1, -0.05) is 18.2 Å². The summed E-state index contributed by atoms with van der Waals surface area (Å²) in [5.74, 6) is 0.517. The molecule has 0 unspecified atom stereocenters. The maximum atomic E-state index is 13.1. The molecule has 1 heterocycles. The van der Waals surface area contributed by atoms with E-state index in [1.54, 1.807) is 19.2 Å². The van der Waals surface area contributed by atoms with Crippen LogP contribution in [-0.4, -0.2) is 45.1 Å². The number of hydrogen-bond donors (Lipinski definition) is 1. The molecule has 6 heteroatoms. The Morgan fingerprint density at radius 1 is 1.06 bits per heavy atom. The third-order valence-electron chi connectivity index (χ3n) is 5.45. The number of fused-ring (bicyclic) bond motifs is 2. The highest BCUT2D eigenvalue weighted by Gasteiger charge is 2.23. The molecule has 0 radical (unpaired) electrons. The number of carbonyl (C=O) groups is 1. The molecular weight excluding hydrogens is 390 g/mol. The molecule has 1 aliphatic carbocycles. The Morgan fingerprint density at radius 3 is 2.58 bits per heavy atom. The number of hydrogen-bond acceptors (Lipinski definition) is 4. The average Bonchev–Trinajstić information content (AvgIpc) is 2.76. The van der Waals surface area contributed by atoms with Crippen molar-refractivity contribution in [1.29, 1.82) is 0 Å². The molecule has 0 fully saturated rings. The van der Waals surface area contributed by atoms with Gasteiger partial charge in [-0.25, -0.2) is 4.58 Å². The molecule has 0 atom stereocenters. The molecule has 31 heavy (non-hydrogen) atoms. The summed E-state index contributed by atoms with van der Waals surface area (Å²) in [5, 5.41) is 12.9. The van der Waals surface area contributed by atoms with Crippen LogP contribution in [0.2, 0.25) is 0 Å². The molecule has 0 saturated carbocycles. The third-order valence-corrected chi connectivity index (χ3v) is 5.45. The predicted octanol–water partition coefficient (Wildman–Crippen LogP) is 2.25. The van der Waals surface area contributed by atoms with Gasteiger partial charge < -0.3 is 20.2 Å². The number of nitrogens with zero attached hydrogens (tertiary/aromatic N) is 2. The molecule has 4 rings (SSSR count). The molecule has 0 bridgehead atoms. The number of carbonyl (C=O) groups excluding carboxylic acids is 1. The van der Waals surface area contributed by atoms with Crippen molar-refractivity contribution in [2.45, 2.75) is 0 Å². The van der Waals surface area contributed by atoms with E-state index in [4.69, 9.17) is 10.2 Å². The van der Waals surface area contributed by atoms with Crippen LogP contribution in [0.4, 0.5) is 5.69 Å². The van der Waals surface area contributed by atoms with Crippen LogP contribution in [0.3, 0.4) is 0 Å². The minimum absolute atomic E-state index is 0.154. The highest BCUT2D eigenvalue weighted by atomic mass is 16.3. The Bertz CT molecular complexity index is 1320. The van der Waals surface area contributed by atoms with Crippen molar-refractivity contribution in [3.63, 3.8) is 0 Å². The molecule has 2 aliphatic rings. The van der Waals surface area contributed by atoms with E-state index < -0.39 is 0 Å². The quantitative estimate of drug-likeness (QED) is 0.315. The maximum absolute atomic E-state index is 13.1. The second-order valence-corrected chi connectivity index (χ2v) is 7.78. The molecule has 2 N–H and O–H groups in total. The van der Waals surface area contributed by atoms with Gasteiger partial charge in [0, 0.05) is 53.5 Å². The van der Waals surface area contributed by atoms with Gasteiger partial charge in [-0.15, -0.1) is 6.61 Å². The second kappa shape index (κ2) is 8.24. The van der Waals surface area contributed by atoms with Gasteiger partial charge in [-0.3, -0.25) is 4.79 Å². The fourth-order valence-electron chi connectivity index (χ4n) is 3.80. The fraction of sp³-hybridized carbons (Fsp3) is 0.200. The minimum atomic E-state index is -0.340. The lowest BCUT2D eigenvalue weighted by Gasteiger charge is -2.22. The summed E-state index contributed by atoms with van der Waals surface area (Å²) in [5.41, 5.74) is 10.4. The molecular formula is C25H25N3O3. The van der Waals surface area contributed by atoms with E-state index in [1.165, 1.54) is 4.90 Å². The number of anilines is 1. The van der Waals surface area contributed by atoms with Gasteiger partial charge in [-0.05, 0) is 29.8 Å². The van der Waals surface area contributed by atoms with Gasteiger partial charge in [0.05, 0.1) is 6.07 Å². The zero-order valence-electron chi connectivity index (χ0n) is 17.9. The van der Waals surface area contributed by atoms with Crippen molar-refractivity contribution in [1.82, 2.24) is 9.48 Å². The molecule has 1 amide bonds. The van der Waals surface area contributed by atoms with Crippen LogP contribution in [0.15, 0.2) is 65.1 Å². The number of rotatable bonds is 4. The molecule has 158 valence electrons. The van der Waals surface area contributed by atoms with Crippen LogP contribution < -0.4 is 20.8 Å².